The van der Waals surface area contributed by atoms with Crippen LogP contribution in [0.15, 0.2) is 24.3 Å². The van der Waals surface area contributed by atoms with E-state index in [9.17, 15) is 4.79 Å². The molecule has 0 atom stereocenters. The third kappa shape index (κ3) is 4.05. The summed E-state index contributed by atoms with van der Waals surface area (Å²) in [5, 5.41) is 0. The van der Waals surface area contributed by atoms with Crippen LogP contribution in [0.4, 0.5) is 0 Å². The zero-order chi connectivity index (χ0) is 14.4. The van der Waals surface area contributed by atoms with E-state index >= 15 is 0 Å². The third-order valence-corrected chi connectivity index (χ3v) is 3.89. The zero-order valence-electron chi connectivity index (χ0n) is 12.3. The summed E-state index contributed by atoms with van der Waals surface area (Å²) >= 11 is 0. The highest BCUT2D eigenvalue weighted by Crippen LogP contribution is 2.19. The van der Waals surface area contributed by atoms with Crippen molar-refractivity contribution in [2.45, 2.75) is 19.4 Å². The van der Waals surface area contributed by atoms with Crippen LogP contribution in [-0.2, 0) is 16.0 Å². The molecule has 0 bridgehead atoms. The second-order valence-electron chi connectivity index (χ2n) is 5.36. The summed E-state index contributed by atoms with van der Waals surface area (Å²) in [5.41, 5.74) is 1.85. The van der Waals surface area contributed by atoms with Gasteiger partial charge in [-0.3, -0.25) is 4.90 Å². The summed E-state index contributed by atoms with van der Waals surface area (Å²) in [6.45, 7) is 4.06. The topological polar surface area (TPSA) is 38.8 Å². The number of likely N-dealkylation sites (tertiary alicyclic amines) is 1. The molecule has 1 aromatic rings. The van der Waals surface area contributed by atoms with E-state index < -0.39 is 0 Å². The molecule has 1 heterocycles. The molecule has 2 rings (SSSR count). The third-order valence-electron chi connectivity index (χ3n) is 3.89. The predicted octanol–water partition coefficient (Wildman–Crippen LogP) is 2.33. The molecule has 0 amide bonds. The van der Waals surface area contributed by atoms with Crippen molar-refractivity contribution in [3.63, 3.8) is 0 Å². The lowest BCUT2D eigenvalue weighted by Gasteiger charge is -2.31. The van der Waals surface area contributed by atoms with E-state index in [2.05, 4.69) is 4.90 Å². The Balaban J connectivity index is 1.84. The fourth-order valence-electron chi connectivity index (χ4n) is 2.67. The van der Waals surface area contributed by atoms with Gasteiger partial charge in [-0.05, 0) is 49.5 Å². The van der Waals surface area contributed by atoms with Gasteiger partial charge in [0.25, 0.3) is 0 Å². The lowest BCUT2D eigenvalue weighted by Crippen LogP contribution is -2.34. The molecule has 0 N–H and O–H groups in total. The number of ether oxygens (including phenoxy) is 2. The van der Waals surface area contributed by atoms with Crippen molar-refractivity contribution >= 4 is 5.97 Å². The van der Waals surface area contributed by atoms with E-state index in [1.807, 2.05) is 24.3 Å². The van der Waals surface area contributed by atoms with Gasteiger partial charge in [-0.1, -0.05) is 12.1 Å². The van der Waals surface area contributed by atoms with Crippen LogP contribution in [0.2, 0.25) is 0 Å². The molecular weight excluding hydrogens is 254 g/mol. The van der Waals surface area contributed by atoms with Gasteiger partial charge in [-0.15, -0.1) is 0 Å². The fraction of sp³-hybridized carbons (Fsp3) is 0.562. The van der Waals surface area contributed by atoms with Crippen molar-refractivity contribution in [2.75, 3.05) is 33.9 Å². The van der Waals surface area contributed by atoms with E-state index in [1.54, 1.807) is 7.11 Å². The number of carbonyl (C=O) groups is 1. The number of piperidine rings is 1. The first kappa shape index (κ1) is 15.0. The van der Waals surface area contributed by atoms with Gasteiger partial charge in [0.05, 0.1) is 12.7 Å². The van der Waals surface area contributed by atoms with Gasteiger partial charge in [0.2, 0.25) is 0 Å². The molecule has 1 aliphatic heterocycles. The molecule has 0 radical (unpaired) electrons. The van der Waals surface area contributed by atoms with Crippen LogP contribution in [0.5, 0.6) is 0 Å². The predicted molar refractivity (Wildman–Crippen MR) is 77.7 cm³/mol. The van der Waals surface area contributed by atoms with Gasteiger partial charge in [0, 0.05) is 20.3 Å². The van der Waals surface area contributed by atoms with Crippen molar-refractivity contribution < 1.29 is 14.3 Å². The van der Waals surface area contributed by atoms with Crippen LogP contribution in [0.3, 0.4) is 0 Å². The summed E-state index contributed by atoms with van der Waals surface area (Å²) in [6.07, 6.45) is 2.40. The van der Waals surface area contributed by atoms with Gasteiger partial charge in [-0.25, -0.2) is 4.79 Å². The second-order valence-corrected chi connectivity index (χ2v) is 5.36. The van der Waals surface area contributed by atoms with Gasteiger partial charge >= 0.3 is 5.97 Å². The Labute approximate surface area is 120 Å². The molecule has 1 aliphatic rings. The summed E-state index contributed by atoms with van der Waals surface area (Å²) in [5.74, 6) is 0.426. The Morgan fingerprint density at radius 2 is 1.85 bits per heavy atom. The normalized spacial score (nSPS) is 17.1. The van der Waals surface area contributed by atoms with Crippen molar-refractivity contribution in [3.8, 4) is 0 Å². The quantitative estimate of drug-likeness (QED) is 0.774. The van der Waals surface area contributed by atoms with Crippen LogP contribution in [0.1, 0.15) is 28.8 Å². The highest BCUT2D eigenvalue weighted by Gasteiger charge is 2.19. The monoisotopic (exact) mass is 277 g/mol. The minimum absolute atomic E-state index is 0.281. The van der Waals surface area contributed by atoms with E-state index in [-0.39, 0.29) is 5.97 Å². The summed E-state index contributed by atoms with van der Waals surface area (Å²) in [4.78, 5) is 13.8. The van der Waals surface area contributed by atoms with Crippen molar-refractivity contribution in [3.05, 3.63) is 35.4 Å². The van der Waals surface area contributed by atoms with Crippen molar-refractivity contribution in [1.82, 2.24) is 4.90 Å². The van der Waals surface area contributed by atoms with E-state index in [0.717, 1.165) is 26.2 Å². The largest absolute Gasteiger partial charge is 0.465 e. The van der Waals surface area contributed by atoms with Crippen LogP contribution in [0.25, 0.3) is 0 Å². The van der Waals surface area contributed by atoms with Crippen LogP contribution >= 0.6 is 0 Å². The first-order valence-corrected chi connectivity index (χ1v) is 7.11. The molecule has 20 heavy (non-hydrogen) atoms. The zero-order valence-corrected chi connectivity index (χ0v) is 12.3. The Bertz CT molecular complexity index is 422. The molecule has 0 unspecified atom stereocenters. The highest BCUT2D eigenvalue weighted by molar-refractivity contribution is 5.89. The molecule has 4 nitrogen and oxygen atoms in total. The molecule has 0 aliphatic carbocycles. The Kier molecular flexibility index (Phi) is 5.56. The van der Waals surface area contributed by atoms with Gasteiger partial charge in [0.15, 0.2) is 0 Å². The van der Waals surface area contributed by atoms with E-state index in [4.69, 9.17) is 9.47 Å². The maximum Gasteiger partial charge on any atom is 0.337 e. The molecule has 1 fully saturated rings. The number of rotatable bonds is 5. The standard InChI is InChI=1S/C16H23NO3/c1-19-12-14-7-9-17(10-8-14)11-13-3-5-15(6-4-13)16(18)20-2/h3-6,14H,7-12H2,1-2H3. The first-order valence-electron chi connectivity index (χ1n) is 7.11. The molecule has 0 spiro atoms. The number of benzene rings is 1. The highest BCUT2D eigenvalue weighted by atomic mass is 16.5. The van der Waals surface area contributed by atoms with Crippen molar-refractivity contribution in [2.24, 2.45) is 5.92 Å². The van der Waals surface area contributed by atoms with E-state index in [1.165, 1.54) is 25.5 Å². The molecule has 1 aromatic carbocycles. The van der Waals surface area contributed by atoms with Crippen LogP contribution < -0.4 is 0 Å². The lowest BCUT2D eigenvalue weighted by molar-refractivity contribution is 0.0600. The molecular formula is C16H23NO3. The number of hydrogen-bond donors (Lipinski definition) is 0. The van der Waals surface area contributed by atoms with Gasteiger partial charge in [-0.2, -0.15) is 0 Å². The van der Waals surface area contributed by atoms with Crippen molar-refractivity contribution in [1.29, 1.82) is 0 Å². The Morgan fingerprint density at radius 1 is 1.20 bits per heavy atom. The molecule has 0 saturated carbocycles. The minimum Gasteiger partial charge on any atom is -0.465 e. The Morgan fingerprint density at radius 3 is 2.40 bits per heavy atom. The second kappa shape index (κ2) is 7.41. The summed E-state index contributed by atoms with van der Waals surface area (Å²) < 4.78 is 9.92. The molecule has 1 saturated heterocycles. The molecule has 0 aromatic heterocycles. The summed E-state index contributed by atoms with van der Waals surface area (Å²) in [7, 11) is 3.18. The number of nitrogens with zero attached hydrogens (tertiary/aromatic N) is 1. The maximum atomic E-state index is 11.4. The fourth-order valence-corrected chi connectivity index (χ4v) is 2.67. The number of methoxy groups -OCH3 is 2. The molecule has 4 heteroatoms. The Hall–Kier alpha value is -1.39. The average Bonchev–Trinajstić information content (AvgIpc) is 2.49. The maximum absolute atomic E-state index is 11.4. The SMILES string of the molecule is COCC1CCN(Cc2ccc(C(=O)OC)cc2)CC1. The van der Waals surface area contributed by atoms with Gasteiger partial charge < -0.3 is 9.47 Å². The smallest absolute Gasteiger partial charge is 0.337 e. The van der Waals surface area contributed by atoms with Gasteiger partial charge in [0.1, 0.15) is 0 Å². The van der Waals surface area contributed by atoms with E-state index in [0.29, 0.717) is 11.5 Å². The number of esters is 1. The number of carbonyl (C=O) groups excluding carboxylic acids is 1. The first-order chi connectivity index (χ1) is 9.72. The molecule has 110 valence electrons. The van der Waals surface area contributed by atoms with Crippen LogP contribution in [0, 0.1) is 5.92 Å². The summed E-state index contributed by atoms with van der Waals surface area (Å²) in [6, 6.07) is 7.68. The minimum atomic E-state index is -0.281. The van der Waals surface area contributed by atoms with Crippen LogP contribution in [-0.4, -0.2) is 44.8 Å². The average molecular weight is 277 g/mol. The lowest BCUT2D eigenvalue weighted by atomic mass is 9.97. The number of hydrogen-bond acceptors (Lipinski definition) is 4.